The Morgan fingerprint density at radius 1 is 1.39 bits per heavy atom. The predicted octanol–water partition coefficient (Wildman–Crippen LogP) is 3.67. The Labute approximate surface area is 118 Å². The van der Waals surface area contributed by atoms with E-state index < -0.39 is 4.84 Å². The molecule has 1 aromatic carbocycles. The molecule has 1 aliphatic rings. The lowest BCUT2D eigenvalue weighted by Crippen LogP contribution is -2.48. The van der Waals surface area contributed by atoms with Gasteiger partial charge in [0.15, 0.2) is 4.84 Å². The Bertz CT molecular complexity index is 471. The van der Waals surface area contributed by atoms with Crippen LogP contribution in [0.15, 0.2) is 24.3 Å². The Hall–Kier alpha value is -0.730. The van der Waals surface area contributed by atoms with E-state index in [1.807, 2.05) is 19.1 Å². The van der Waals surface area contributed by atoms with Gasteiger partial charge in [-0.25, -0.2) is 0 Å². The summed E-state index contributed by atoms with van der Waals surface area (Å²) in [5.41, 5.74) is 2.39. The smallest absolute Gasteiger partial charge is 0.256 e. The third-order valence-electron chi connectivity index (χ3n) is 3.64. The molecule has 0 N–H and O–H groups in total. The number of alkyl halides is 2. The van der Waals surface area contributed by atoms with Crippen molar-refractivity contribution in [3.8, 4) is 0 Å². The predicted molar refractivity (Wildman–Crippen MR) is 75.1 cm³/mol. The van der Waals surface area contributed by atoms with E-state index >= 15 is 0 Å². The van der Waals surface area contributed by atoms with Crippen LogP contribution in [-0.4, -0.2) is 22.2 Å². The number of rotatable bonds is 1. The van der Waals surface area contributed by atoms with Crippen molar-refractivity contribution in [3.05, 3.63) is 35.4 Å². The highest BCUT2D eigenvalue weighted by Gasteiger charge is 2.38. The summed E-state index contributed by atoms with van der Waals surface area (Å²) in [6, 6.07) is 8.25. The number of hydrogen-bond donors (Lipinski definition) is 0. The van der Waals surface area contributed by atoms with Crippen LogP contribution in [-0.2, 0) is 10.2 Å². The minimum Gasteiger partial charge on any atom is -0.333 e. The molecule has 1 heterocycles. The molecule has 1 aromatic rings. The van der Waals surface area contributed by atoms with Gasteiger partial charge in [0.1, 0.15) is 0 Å². The monoisotopic (exact) mass is 285 g/mol. The average molecular weight is 286 g/mol. The number of hydrogen-bond acceptors (Lipinski definition) is 1. The second-order valence-electron chi connectivity index (χ2n) is 5.41. The van der Waals surface area contributed by atoms with E-state index in [2.05, 4.69) is 26.0 Å². The SMILES string of the molecule is CC1c2ccccc2C(C)(C)CN1C(=O)C(Cl)Cl. The van der Waals surface area contributed by atoms with Crippen molar-refractivity contribution in [3.63, 3.8) is 0 Å². The fourth-order valence-electron chi connectivity index (χ4n) is 2.69. The summed E-state index contributed by atoms with van der Waals surface area (Å²) in [4.78, 5) is 12.8. The second-order valence-corrected chi connectivity index (χ2v) is 6.51. The van der Waals surface area contributed by atoms with Crippen LogP contribution in [0.2, 0.25) is 0 Å². The summed E-state index contributed by atoms with van der Waals surface area (Å²) in [5.74, 6) is -0.214. The highest BCUT2D eigenvalue weighted by atomic mass is 35.5. The molecule has 1 atom stereocenters. The lowest BCUT2D eigenvalue weighted by atomic mass is 9.76. The molecule has 2 nitrogen and oxygen atoms in total. The van der Waals surface area contributed by atoms with Crippen molar-refractivity contribution in [2.24, 2.45) is 0 Å². The highest BCUT2D eigenvalue weighted by Crippen LogP contribution is 2.39. The zero-order chi connectivity index (χ0) is 13.5. The maximum Gasteiger partial charge on any atom is 0.256 e. The number of fused-ring (bicyclic) bond motifs is 1. The zero-order valence-corrected chi connectivity index (χ0v) is 12.3. The van der Waals surface area contributed by atoms with Gasteiger partial charge < -0.3 is 4.90 Å². The molecule has 0 saturated carbocycles. The average Bonchev–Trinajstić information content (AvgIpc) is 2.33. The number of carbonyl (C=O) groups excluding carboxylic acids is 1. The first kappa shape index (κ1) is 13.7. The normalized spacial score (nSPS) is 21.9. The fraction of sp³-hybridized carbons (Fsp3) is 0.500. The van der Waals surface area contributed by atoms with Gasteiger partial charge in [-0.15, -0.1) is 0 Å². The first-order chi connectivity index (χ1) is 8.34. The van der Waals surface area contributed by atoms with E-state index in [0.717, 1.165) is 0 Å². The Balaban J connectivity index is 2.45. The molecule has 0 aromatic heterocycles. The van der Waals surface area contributed by atoms with Crippen LogP contribution in [0.4, 0.5) is 0 Å². The van der Waals surface area contributed by atoms with Crippen molar-refractivity contribution in [1.29, 1.82) is 0 Å². The van der Waals surface area contributed by atoms with Crippen molar-refractivity contribution < 1.29 is 4.79 Å². The number of amides is 1. The maximum atomic E-state index is 12.1. The van der Waals surface area contributed by atoms with Crippen LogP contribution in [0.3, 0.4) is 0 Å². The fourth-order valence-corrected chi connectivity index (χ4v) is 2.94. The number of carbonyl (C=O) groups is 1. The minimum atomic E-state index is -0.992. The molecule has 0 spiro atoms. The van der Waals surface area contributed by atoms with Crippen LogP contribution < -0.4 is 0 Å². The quantitative estimate of drug-likeness (QED) is 0.721. The summed E-state index contributed by atoms with van der Waals surface area (Å²) < 4.78 is 0. The van der Waals surface area contributed by atoms with Gasteiger partial charge in [-0.3, -0.25) is 4.79 Å². The summed E-state index contributed by atoms with van der Waals surface area (Å²) >= 11 is 11.4. The van der Waals surface area contributed by atoms with Crippen molar-refractivity contribution in [2.75, 3.05) is 6.54 Å². The van der Waals surface area contributed by atoms with Crippen molar-refractivity contribution in [2.45, 2.75) is 37.1 Å². The molecule has 4 heteroatoms. The number of nitrogens with zero attached hydrogens (tertiary/aromatic N) is 1. The zero-order valence-electron chi connectivity index (χ0n) is 10.8. The third-order valence-corrected chi connectivity index (χ3v) is 4.02. The van der Waals surface area contributed by atoms with E-state index in [1.54, 1.807) is 4.90 Å². The number of benzene rings is 1. The van der Waals surface area contributed by atoms with Gasteiger partial charge in [0, 0.05) is 12.0 Å². The number of halogens is 2. The second kappa shape index (κ2) is 4.75. The van der Waals surface area contributed by atoms with Crippen LogP contribution in [0.1, 0.15) is 37.9 Å². The topological polar surface area (TPSA) is 20.3 Å². The van der Waals surface area contributed by atoms with E-state index in [-0.39, 0.29) is 17.4 Å². The lowest BCUT2D eigenvalue weighted by Gasteiger charge is -2.44. The van der Waals surface area contributed by atoms with Gasteiger partial charge in [-0.05, 0) is 18.1 Å². The van der Waals surface area contributed by atoms with E-state index in [4.69, 9.17) is 23.2 Å². The summed E-state index contributed by atoms with van der Waals surface area (Å²) in [6.45, 7) is 6.92. The first-order valence-electron chi connectivity index (χ1n) is 6.02. The van der Waals surface area contributed by atoms with Gasteiger partial charge in [0.25, 0.3) is 5.91 Å². The molecule has 0 aliphatic carbocycles. The molecule has 1 aliphatic heterocycles. The summed E-state index contributed by atoms with van der Waals surface area (Å²) in [6.07, 6.45) is 0. The molecule has 98 valence electrons. The Morgan fingerprint density at radius 2 is 2.00 bits per heavy atom. The van der Waals surface area contributed by atoms with E-state index in [1.165, 1.54) is 11.1 Å². The van der Waals surface area contributed by atoms with Crippen molar-refractivity contribution in [1.82, 2.24) is 4.90 Å². The molecule has 1 unspecified atom stereocenters. The van der Waals surface area contributed by atoms with Crippen LogP contribution >= 0.6 is 23.2 Å². The van der Waals surface area contributed by atoms with E-state index in [0.29, 0.717) is 6.54 Å². The van der Waals surface area contributed by atoms with Crippen LogP contribution in [0, 0.1) is 0 Å². The van der Waals surface area contributed by atoms with Gasteiger partial charge in [0.2, 0.25) is 0 Å². The molecule has 18 heavy (non-hydrogen) atoms. The molecule has 1 amide bonds. The standard InChI is InChI=1S/C14H17Cl2NO/c1-9-10-6-4-5-7-11(10)14(2,3)8-17(9)13(18)12(15)16/h4-7,9,12H,8H2,1-3H3. The lowest BCUT2D eigenvalue weighted by molar-refractivity contribution is -0.133. The van der Waals surface area contributed by atoms with Gasteiger partial charge in [-0.1, -0.05) is 61.3 Å². The minimum absolute atomic E-state index is 0.0155. The largest absolute Gasteiger partial charge is 0.333 e. The molecule has 0 radical (unpaired) electrons. The van der Waals surface area contributed by atoms with Gasteiger partial charge >= 0.3 is 0 Å². The molecule has 0 saturated heterocycles. The summed E-state index contributed by atoms with van der Waals surface area (Å²) in [7, 11) is 0. The summed E-state index contributed by atoms with van der Waals surface area (Å²) in [5, 5.41) is 0. The maximum absolute atomic E-state index is 12.1. The Kier molecular flexibility index (Phi) is 3.61. The van der Waals surface area contributed by atoms with E-state index in [9.17, 15) is 4.79 Å². The van der Waals surface area contributed by atoms with Crippen molar-refractivity contribution >= 4 is 29.1 Å². The first-order valence-corrected chi connectivity index (χ1v) is 6.90. The molecular formula is C14H17Cl2NO. The molecule has 0 fully saturated rings. The van der Waals surface area contributed by atoms with Crippen LogP contribution in [0.25, 0.3) is 0 Å². The Morgan fingerprint density at radius 3 is 2.61 bits per heavy atom. The molecule has 0 bridgehead atoms. The molecule has 2 rings (SSSR count). The van der Waals surface area contributed by atoms with Gasteiger partial charge in [0.05, 0.1) is 6.04 Å². The van der Waals surface area contributed by atoms with Crippen LogP contribution in [0.5, 0.6) is 0 Å². The van der Waals surface area contributed by atoms with Gasteiger partial charge in [-0.2, -0.15) is 0 Å². The third kappa shape index (κ3) is 2.24. The highest BCUT2D eigenvalue weighted by molar-refractivity contribution is 6.53. The molecular weight excluding hydrogens is 269 g/mol.